The van der Waals surface area contributed by atoms with Crippen molar-refractivity contribution in [3.63, 3.8) is 0 Å². The van der Waals surface area contributed by atoms with Crippen molar-refractivity contribution >= 4 is 16.7 Å². The van der Waals surface area contributed by atoms with Crippen LogP contribution in [0.4, 0.5) is 5.82 Å². The second-order valence-electron chi connectivity index (χ2n) is 10.8. The van der Waals surface area contributed by atoms with E-state index in [1.807, 2.05) is 20.0 Å². The molecule has 0 radical (unpaired) electrons. The Balaban J connectivity index is 1.53. The summed E-state index contributed by atoms with van der Waals surface area (Å²) in [5.41, 5.74) is 7.26. The highest BCUT2D eigenvalue weighted by Crippen LogP contribution is 2.36. The topological polar surface area (TPSA) is 98.2 Å². The third-order valence-corrected chi connectivity index (χ3v) is 7.99. The first kappa shape index (κ1) is 27.1. The maximum Gasteiger partial charge on any atom is 0.186 e. The van der Waals surface area contributed by atoms with Crippen LogP contribution in [0.3, 0.4) is 0 Å². The largest absolute Gasteiger partial charge is 0.374 e. The average molecular weight is 529 g/mol. The minimum absolute atomic E-state index is 0.0305. The van der Waals surface area contributed by atoms with Gasteiger partial charge in [-0.25, -0.2) is 4.98 Å². The molecule has 0 amide bonds. The molecule has 2 atom stereocenters. The zero-order valence-electron chi connectivity index (χ0n) is 23.6. The first-order valence-electron chi connectivity index (χ1n) is 13.9. The van der Waals surface area contributed by atoms with Crippen LogP contribution < -0.4 is 21.0 Å². The molecule has 1 unspecified atom stereocenters. The van der Waals surface area contributed by atoms with Gasteiger partial charge < -0.3 is 24.9 Å². The van der Waals surface area contributed by atoms with E-state index in [0.29, 0.717) is 11.6 Å². The van der Waals surface area contributed by atoms with Crippen LogP contribution in [0.15, 0.2) is 47.5 Å². The molecule has 4 N–H and O–H groups in total. The van der Waals surface area contributed by atoms with Crippen molar-refractivity contribution in [3.8, 4) is 11.1 Å². The number of benzene rings is 1. The zero-order chi connectivity index (χ0) is 27.7. The van der Waals surface area contributed by atoms with Gasteiger partial charge in [0.2, 0.25) is 0 Å². The SMILES string of the molecule is CC[C@H](C)n1cc(C)c2c(C(O)NCc3c(C)[nH]c(C)cc3=O)cc(-c3ccc(N4CCNCC4)nc3)cc21. The minimum atomic E-state index is -0.952. The summed E-state index contributed by atoms with van der Waals surface area (Å²) in [5, 5.41) is 19.1. The van der Waals surface area contributed by atoms with Gasteiger partial charge in [-0.1, -0.05) is 6.92 Å². The summed E-state index contributed by atoms with van der Waals surface area (Å²) in [6.45, 7) is 14.4. The number of hydrogen-bond acceptors (Lipinski definition) is 6. The quantitative estimate of drug-likeness (QED) is 0.252. The Hall–Kier alpha value is -3.46. The molecular weight excluding hydrogens is 488 g/mol. The van der Waals surface area contributed by atoms with E-state index in [4.69, 9.17) is 4.98 Å². The number of nitrogens with one attached hydrogen (secondary N) is 3. The van der Waals surface area contributed by atoms with E-state index in [9.17, 15) is 9.90 Å². The van der Waals surface area contributed by atoms with E-state index in [1.54, 1.807) is 6.07 Å². The molecule has 1 aliphatic heterocycles. The molecule has 1 aliphatic rings. The van der Waals surface area contributed by atoms with Crippen molar-refractivity contribution in [2.75, 3.05) is 31.1 Å². The number of anilines is 1. The van der Waals surface area contributed by atoms with Gasteiger partial charge in [-0.3, -0.25) is 10.1 Å². The Morgan fingerprint density at radius 1 is 1.10 bits per heavy atom. The van der Waals surface area contributed by atoms with Crippen molar-refractivity contribution in [2.24, 2.45) is 0 Å². The maximum atomic E-state index is 12.6. The predicted octanol–water partition coefficient (Wildman–Crippen LogP) is 4.48. The van der Waals surface area contributed by atoms with Gasteiger partial charge in [0.15, 0.2) is 5.43 Å². The molecule has 4 aromatic rings. The molecule has 0 bridgehead atoms. The van der Waals surface area contributed by atoms with Crippen molar-refractivity contribution < 1.29 is 5.11 Å². The lowest BCUT2D eigenvalue weighted by atomic mass is 9.98. The molecule has 4 heterocycles. The van der Waals surface area contributed by atoms with Gasteiger partial charge in [-0.05, 0) is 69.5 Å². The number of hydrogen-bond donors (Lipinski definition) is 4. The highest BCUT2D eigenvalue weighted by Gasteiger charge is 2.21. The highest BCUT2D eigenvalue weighted by molar-refractivity contribution is 5.92. The van der Waals surface area contributed by atoms with Crippen LogP contribution in [0.5, 0.6) is 0 Å². The van der Waals surface area contributed by atoms with Gasteiger partial charge in [-0.2, -0.15) is 0 Å². The van der Waals surface area contributed by atoms with Gasteiger partial charge in [0.1, 0.15) is 12.0 Å². The fourth-order valence-electron chi connectivity index (χ4n) is 5.61. The monoisotopic (exact) mass is 528 g/mol. The number of aromatic amines is 1. The second-order valence-corrected chi connectivity index (χ2v) is 10.8. The lowest BCUT2D eigenvalue weighted by molar-refractivity contribution is 0.138. The molecule has 0 aliphatic carbocycles. The number of rotatable bonds is 8. The number of H-pyrrole nitrogens is 1. The Morgan fingerprint density at radius 3 is 2.54 bits per heavy atom. The molecule has 8 nitrogen and oxygen atoms in total. The Bertz CT molecular complexity index is 1520. The van der Waals surface area contributed by atoms with Gasteiger partial charge in [0.25, 0.3) is 0 Å². The molecular formula is C31H40N6O2. The number of piperazine rings is 1. The van der Waals surface area contributed by atoms with E-state index < -0.39 is 6.23 Å². The van der Waals surface area contributed by atoms with Crippen LogP contribution >= 0.6 is 0 Å². The van der Waals surface area contributed by atoms with Crippen LogP contribution in [0, 0.1) is 20.8 Å². The van der Waals surface area contributed by atoms with E-state index in [0.717, 1.165) is 83.0 Å². The summed E-state index contributed by atoms with van der Waals surface area (Å²) in [5.74, 6) is 0.987. The molecule has 5 rings (SSSR count). The molecule has 1 fully saturated rings. The Morgan fingerprint density at radius 2 is 1.87 bits per heavy atom. The summed E-state index contributed by atoms with van der Waals surface area (Å²) in [6.07, 6.45) is 4.16. The first-order valence-corrected chi connectivity index (χ1v) is 13.9. The Kier molecular flexibility index (Phi) is 7.88. The zero-order valence-corrected chi connectivity index (χ0v) is 23.6. The number of fused-ring (bicyclic) bond motifs is 1. The van der Waals surface area contributed by atoms with Crippen molar-refractivity contribution in [1.82, 2.24) is 25.2 Å². The smallest absolute Gasteiger partial charge is 0.186 e. The summed E-state index contributed by atoms with van der Waals surface area (Å²) < 4.78 is 2.31. The number of aliphatic hydroxyl groups is 1. The third-order valence-electron chi connectivity index (χ3n) is 7.99. The van der Waals surface area contributed by atoms with Gasteiger partial charge in [0.05, 0.1) is 0 Å². The lowest BCUT2D eigenvalue weighted by Crippen LogP contribution is -2.43. The second kappa shape index (κ2) is 11.3. The summed E-state index contributed by atoms with van der Waals surface area (Å²) in [4.78, 5) is 22.9. The molecule has 0 saturated carbocycles. The van der Waals surface area contributed by atoms with Crippen molar-refractivity contribution in [3.05, 3.63) is 81.0 Å². The molecule has 8 heteroatoms. The third kappa shape index (κ3) is 5.50. The van der Waals surface area contributed by atoms with E-state index in [1.165, 1.54) is 0 Å². The van der Waals surface area contributed by atoms with Crippen LogP contribution in [-0.2, 0) is 6.54 Å². The van der Waals surface area contributed by atoms with E-state index in [-0.39, 0.29) is 12.0 Å². The molecule has 0 spiro atoms. The van der Waals surface area contributed by atoms with Crippen molar-refractivity contribution in [1.29, 1.82) is 0 Å². The van der Waals surface area contributed by atoms with E-state index in [2.05, 4.69) is 76.3 Å². The number of nitrogens with zero attached hydrogens (tertiary/aromatic N) is 3. The molecule has 3 aromatic heterocycles. The Labute approximate surface area is 230 Å². The van der Waals surface area contributed by atoms with Gasteiger partial charge in [0, 0.05) is 96.2 Å². The molecule has 1 aromatic carbocycles. The minimum Gasteiger partial charge on any atom is -0.374 e. The predicted molar refractivity (Wildman–Crippen MR) is 158 cm³/mol. The summed E-state index contributed by atoms with van der Waals surface area (Å²) in [7, 11) is 0. The van der Waals surface area contributed by atoms with Crippen molar-refractivity contribution in [2.45, 2.75) is 59.9 Å². The van der Waals surface area contributed by atoms with Gasteiger partial charge >= 0.3 is 0 Å². The number of aromatic nitrogens is 3. The van der Waals surface area contributed by atoms with Crippen LogP contribution in [0.2, 0.25) is 0 Å². The van der Waals surface area contributed by atoms with Crippen LogP contribution in [0.25, 0.3) is 22.0 Å². The highest BCUT2D eigenvalue weighted by atomic mass is 16.3. The number of pyridine rings is 2. The van der Waals surface area contributed by atoms with Crippen LogP contribution in [0.1, 0.15) is 60.6 Å². The molecule has 39 heavy (non-hydrogen) atoms. The van der Waals surface area contributed by atoms with Gasteiger partial charge in [-0.15, -0.1) is 0 Å². The summed E-state index contributed by atoms with van der Waals surface area (Å²) in [6, 6.07) is 10.4. The lowest BCUT2D eigenvalue weighted by Gasteiger charge is -2.28. The maximum absolute atomic E-state index is 12.6. The van der Waals surface area contributed by atoms with Crippen LogP contribution in [-0.4, -0.2) is 45.8 Å². The fraction of sp³-hybridized carbons (Fsp3) is 0.419. The van der Waals surface area contributed by atoms with E-state index >= 15 is 0 Å². The number of aliphatic hydroxyl groups excluding tert-OH is 1. The normalized spacial score (nSPS) is 15.6. The first-order chi connectivity index (χ1) is 18.8. The average Bonchev–Trinajstić information content (AvgIpc) is 3.28. The molecule has 1 saturated heterocycles. The summed E-state index contributed by atoms with van der Waals surface area (Å²) >= 11 is 0. The standard InChI is InChI=1S/C31H40N6O2/c1-6-21(4)37-18-19(2)30-25(31(39)34-17-26-22(5)35-20(3)13-28(26)38)14-24(15-27(30)37)23-7-8-29(33-16-23)36-11-9-32-10-12-36/h7-8,13-16,18,21,31-32,34,39H,6,9-12,17H2,1-5H3,(H,35,38)/t21-,31?/m0/s1. The number of aryl methyl sites for hydroxylation is 3. The molecule has 206 valence electrons. The fourth-order valence-corrected chi connectivity index (χ4v) is 5.61.